The summed E-state index contributed by atoms with van der Waals surface area (Å²) in [6.07, 6.45) is 0. The highest BCUT2D eigenvalue weighted by Gasteiger charge is 2.06. The SMILES string of the molecule is CN(C)CCNc1ccc(S(N)(=O)=O)cc1. The van der Waals surface area contributed by atoms with Crippen LogP contribution >= 0.6 is 0 Å². The molecule has 0 atom stereocenters. The number of hydrogen-bond acceptors (Lipinski definition) is 4. The van der Waals surface area contributed by atoms with Gasteiger partial charge in [0.2, 0.25) is 10.0 Å². The molecular formula is C10H17N3O2S. The van der Waals surface area contributed by atoms with Crippen molar-refractivity contribution in [1.82, 2.24) is 4.90 Å². The quantitative estimate of drug-likeness (QED) is 0.780. The van der Waals surface area contributed by atoms with Gasteiger partial charge in [-0.3, -0.25) is 0 Å². The highest BCUT2D eigenvalue weighted by Crippen LogP contribution is 2.12. The Kier molecular flexibility index (Phi) is 4.28. The van der Waals surface area contributed by atoms with Crippen LogP contribution in [0.25, 0.3) is 0 Å². The first-order valence-electron chi connectivity index (χ1n) is 4.91. The maximum Gasteiger partial charge on any atom is 0.238 e. The summed E-state index contributed by atoms with van der Waals surface area (Å²) in [6.45, 7) is 1.72. The van der Waals surface area contributed by atoms with Crippen molar-refractivity contribution in [2.24, 2.45) is 5.14 Å². The van der Waals surface area contributed by atoms with Crippen LogP contribution in [0.15, 0.2) is 29.2 Å². The zero-order valence-corrected chi connectivity index (χ0v) is 10.3. The van der Waals surface area contributed by atoms with E-state index < -0.39 is 10.0 Å². The molecule has 0 fully saturated rings. The lowest BCUT2D eigenvalue weighted by molar-refractivity contribution is 0.425. The van der Waals surface area contributed by atoms with Crippen LogP contribution in [0.3, 0.4) is 0 Å². The zero-order chi connectivity index (χ0) is 12.2. The van der Waals surface area contributed by atoms with Gasteiger partial charge in [0.25, 0.3) is 0 Å². The molecule has 0 amide bonds. The van der Waals surface area contributed by atoms with Crippen molar-refractivity contribution in [1.29, 1.82) is 0 Å². The summed E-state index contributed by atoms with van der Waals surface area (Å²) in [5.74, 6) is 0. The van der Waals surface area contributed by atoms with Gasteiger partial charge in [0.1, 0.15) is 0 Å². The summed E-state index contributed by atoms with van der Waals surface area (Å²) in [5, 5.41) is 8.17. The van der Waals surface area contributed by atoms with Crippen LogP contribution in [0.5, 0.6) is 0 Å². The monoisotopic (exact) mass is 243 g/mol. The molecule has 5 nitrogen and oxygen atoms in total. The molecule has 0 radical (unpaired) electrons. The van der Waals surface area contributed by atoms with E-state index in [0.29, 0.717) is 0 Å². The Morgan fingerprint density at radius 3 is 2.25 bits per heavy atom. The third-order valence-electron chi connectivity index (χ3n) is 2.07. The molecule has 0 bridgehead atoms. The van der Waals surface area contributed by atoms with E-state index >= 15 is 0 Å². The summed E-state index contributed by atoms with van der Waals surface area (Å²) in [5.41, 5.74) is 0.884. The van der Waals surface area contributed by atoms with Gasteiger partial charge in [0, 0.05) is 18.8 Å². The highest BCUT2D eigenvalue weighted by molar-refractivity contribution is 7.89. The molecule has 90 valence electrons. The number of primary sulfonamides is 1. The van der Waals surface area contributed by atoms with Crippen molar-refractivity contribution in [2.45, 2.75) is 4.90 Å². The van der Waals surface area contributed by atoms with Gasteiger partial charge in [-0.25, -0.2) is 13.6 Å². The normalized spacial score (nSPS) is 11.8. The number of benzene rings is 1. The van der Waals surface area contributed by atoms with E-state index in [1.54, 1.807) is 12.1 Å². The molecule has 0 saturated carbocycles. The Morgan fingerprint density at radius 2 is 1.81 bits per heavy atom. The lowest BCUT2D eigenvalue weighted by atomic mass is 10.3. The first kappa shape index (κ1) is 13.0. The summed E-state index contributed by atoms with van der Waals surface area (Å²) < 4.78 is 22.0. The zero-order valence-electron chi connectivity index (χ0n) is 9.47. The number of sulfonamides is 1. The third kappa shape index (κ3) is 4.18. The number of rotatable bonds is 5. The number of nitrogens with one attached hydrogen (secondary N) is 1. The summed E-state index contributed by atoms with van der Waals surface area (Å²) >= 11 is 0. The fraction of sp³-hybridized carbons (Fsp3) is 0.400. The molecule has 16 heavy (non-hydrogen) atoms. The molecule has 0 aliphatic heterocycles. The van der Waals surface area contributed by atoms with Gasteiger partial charge >= 0.3 is 0 Å². The van der Waals surface area contributed by atoms with Crippen LogP contribution in [-0.2, 0) is 10.0 Å². The largest absolute Gasteiger partial charge is 0.384 e. The molecule has 0 aliphatic rings. The number of hydrogen-bond donors (Lipinski definition) is 2. The van der Waals surface area contributed by atoms with Gasteiger partial charge < -0.3 is 10.2 Å². The molecule has 1 rings (SSSR count). The lowest BCUT2D eigenvalue weighted by Gasteiger charge is -2.11. The van der Waals surface area contributed by atoms with E-state index in [4.69, 9.17) is 5.14 Å². The lowest BCUT2D eigenvalue weighted by Crippen LogP contribution is -2.20. The van der Waals surface area contributed by atoms with Crippen LogP contribution in [-0.4, -0.2) is 40.5 Å². The molecule has 0 unspecified atom stereocenters. The van der Waals surface area contributed by atoms with Crippen molar-refractivity contribution >= 4 is 15.7 Å². The topological polar surface area (TPSA) is 75.4 Å². The fourth-order valence-corrected chi connectivity index (χ4v) is 1.70. The highest BCUT2D eigenvalue weighted by atomic mass is 32.2. The molecule has 0 spiro atoms. The Morgan fingerprint density at radius 1 is 1.25 bits per heavy atom. The number of anilines is 1. The minimum atomic E-state index is -3.59. The molecule has 0 saturated heterocycles. The minimum Gasteiger partial charge on any atom is -0.384 e. The summed E-state index contributed by atoms with van der Waals surface area (Å²) in [4.78, 5) is 2.19. The van der Waals surface area contributed by atoms with E-state index in [-0.39, 0.29) is 4.90 Å². The number of nitrogens with two attached hydrogens (primary N) is 1. The smallest absolute Gasteiger partial charge is 0.238 e. The fourth-order valence-electron chi connectivity index (χ4n) is 1.19. The van der Waals surface area contributed by atoms with E-state index in [0.717, 1.165) is 18.8 Å². The van der Waals surface area contributed by atoms with Crippen molar-refractivity contribution in [3.8, 4) is 0 Å². The maximum atomic E-state index is 11.0. The van der Waals surface area contributed by atoms with Gasteiger partial charge in [0.05, 0.1) is 4.90 Å². The summed E-state index contributed by atoms with van der Waals surface area (Å²) in [7, 11) is 0.394. The van der Waals surface area contributed by atoms with Crippen LogP contribution in [0.4, 0.5) is 5.69 Å². The second-order valence-corrected chi connectivity index (χ2v) is 5.36. The minimum absolute atomic E-state index is 0.130. The Bertz CT molecular complexity index is 426. The average molecular weight is 243 g/mol. The maximum absolute atomic E-state index is 11.0. The Labute approximate surface area is 96.3 Å². The predicted octanol–water partition coefficient (Wildman–Crippen LogP) is 0.308. The second-order valence-electron chi connectivity index (χ2n) is 3.80. The van der Waals surface area contributed by atoms with Crippen LogP contribution < -0.4 is 10.5 Å². The molecule has 0 aliphatic carbocycles. The third-order valence-corrected chi connectivity index (χ3v) is 3.00. The van der Waals surface area contributed by atoms with Crippen molar-refractivity contribution in [3.05, 3.63) is 24.3 Å². The Balaban J connectivity index is 2.59. The van der Waals surface area contributed by atoms with Gasteiger partial charge in [0.15, 0.2) is 0 Å². The van der Waals surface area contributed by atoms with E-state index in [1.165, 1.54) is 12.1 Å². The molecule has 6 heteroatoms. The van der Waals surface area contributed by atoms with Crippen molar-refractivity contribution < 1.29 is 8.42 Å². The number of likely N-dealkylation sites (N-methyl/N-ethyl adjacent to an activating group) is 1. The van der Waals surface area contributed by atoms with Crippen LogP contribution in [0.2, 0.25) is 0 Å². The predicted molar refractivity (Wildman–Crippen MR) is 64.9 cm³/mol. The molecule has 1 aromatic carbocycles. The summed E-state index contributed by atoms with van der Waals surface area (Å²) in [6, 6.07) is 6.39. The average Bonchev–Trinajstić information content (AvgIpc) is 2.16. The molecule has 1 aromatic rings. The number of nitrogens with zero attached hydrogens (tertiary/aromatic N) is 1. The van der Waals surface area contributed by atoms with Gasteiger partial charge in [-0.05, 0) is 38.4 Å². The Hall–Kier alpha value is -1.11. The molecule has 3 N–H and O–H groups in total. The van der Waals surface area contributed by atoms with Crippen LogP contribution in [0, 0.1) is 0 Å². The first-order chi connectivity index (χ1) is 7.39. The second kappa shape index (κ2) is 5.29. The van der Waals surface area contributed by atoms with E-state index in [9.17, 15) is 8.42 Å². The first-order valence-corrected chi connectivity index (χ1v) is 6.46. The van der Waals surface area contributed by atoms with Crippen molar-refractivity contribution in [3.63, 3.8) is 0 Å². The molecule has 0 aromatic heterocycles. The molecular weight excluding hydrogens is 226 g/mol. The standard InChI is InChI=1S/C10H17N3O2S/c1-13(2)8-7-12-9-3-5-10(6-4-9)16(11,14)15/h3-6,12H,7-8H2,1-2H3,(H2,11,14,15). The van der Waals surface area contributed by atoms with Crippen LogP contribution in [0.1, 0.15) is 0 Å². The molecule has 0 heterocycles. The van der Waals surface area contributed by atoms with E-state index in [2.05, 4.69) is 10.2 Å². The van der Waals surface area contributed by atoms with Gasteiger partial charge in [-0.15, -0.1) is 0 Å². The van der Waals surface area contributed by atoms with Gasteiger partial charge in [-0.1, -0.05) is 0 Å². The van der Waals surface area contributed by atoms with E-state index in [1.807, 2.05) is 14.1 Å². The van der Waals surface area contributed by atoms with Crippen molar-refractivity contribution in [2.75, 3.05) is 32.5 Å². The van der Waals surface area contributed by atoms with Gasteiger partial charge in [-0.2, -0.15) is 0 Å².